The molecule has 3 rings (SSSR count). The van der Waals surface area contributed by atoms with Crippen molar-refractivity contribution < 1.29 is 19.1 Å². The molecule has 1 aromatic rings. The summed E-state index contributed by atoms with van der Waals surface area (Å²) in [6.07, 6.45) is 4.21. The van der Waals surface area contributed by atoms with E-state index in [1.54, 1.807) is 7.11 Å². The number of fused-ring (bicyclic) bond motifs is 2. The summed E-state index contributed by atoms with van der Waals surface area (Å²) in [5.41, 5.74) is 1.20. The van der Waals surface area contributed by atoms with Crippen molar-refractivity contribution in [3.05, 3.63) is 29.3 Å². The molecule has 2 aliphatic rings. The van der Waals surface area contributed by atoms with Crippen LogP contribution in [0.25, 0.3) is 0 Å². The van der Waals surface area contributed by atoms with Gasteiger partial charge < -0.3 is 14.4 Å². The number of nitrogens with zero attached hydrogens (tertiary/aromatic N) is 1. The van der Waals surface area contributed by atoms with E-state index in [0.717, 1.165) is 49.0 Å². The summed E-state index contributed by atoms with van der Waals surface area (Å²) in [6.45, 7) is 7.63. The molecule has 2 fully saturated rings. The minimum absolute atomic E-state index is 0.0354. The van der Waals surface area contributed by atoms with Gasteiger partial charge in [0.25, 0.3) is 0 Å². The van der Waals surface area contributed by atoms with Crippen molar-refractivity contribution in [2.24, 2.45) is 5.92 Å². The molecule has 0 spiro atoms. The predicted octanol–water partition coefficient (Wildman–Crippen LogP) is 4.75. The Bertz CT molecular complexity index is 708. The van der Waals surface area contributed by atoms with Gasteiger partial charge in [-0.2, -0.15) is 0 Å². The Labute approximate surface area is 162 Å². The van der Waals surface area contributed by atoms with Crippen molar-refractivity contribution >= 4 is 11.9 Å². The molecule has 5 heteroatoms. The highest BCUT2D eigenvalue weighted by molar-refractivity contribution is 5.98. The van der Waals surface area contributed by atoms with Gasteiger partial charge in [-0.05, 0) is 83.6 Å². The number of carbonyl (C=O) groups is 2. The summed E-state index contributed by atoms with van der Waals surface area (Å²) in [5.74, 6) is 0.941. The fourth-order valence-electron chi connectivity index (χ4n) is 4.48. The number of hydrogen-bond acceptors (Lipinski definition) is 4. The Hall–Kier alpha value is -2.04. The Morgan fingerprint density at radius 3 is 2.26 bits per heavy atom. The van der Waals surface area contributed by atoms with E-state index in [1.165, 1.54) is 0 Å². The highest BCUT2D eigenvalue weighted by Crippen LogP contribution is 2.39. The summed E-state index contributed by atoms with van der Waals surface area (Å²) < 4.78 is 10.9. The quantitative estimate of drug-likeness (QED) is 0.717. The van der Waals surface area contributed by atoms with Crippen LogP contribution in [0.5, 0.6) is 5.75 Å². The summed E-state index contributed by atoms with van der Waals surface area (Å²) in [7, 11) is 1.64. The molecule has 27 heavy (non-hydrogen) atoms. The van der Waals surface area contributed by atoms with E-state index in [2.05, 4.69) is 0 Å². The van der Waals surface area contributed by atoms with E-state index >= 15 is 0 Å². The van der Waals surface area contributed by atoms with Gasteiger partial charge in [-0.3, -0.25) is 4.79 Å². The Morgan fingerprint density at radius 1 is 1.11 bits per heavy atom. The molecular formula is C22H31NO4. The van der Waals surface area contributed by atoms with Crippen LogP contribution < -0.4 is 4.74 Å². The number of ketones is 1. The molecule has 148 valence electrons. The number of hydrogen-bond donors (Lipinski definition) is 0. The summed E-state index contributed by atoms with van der Waals surface area (Å²) in [6, 6.07) is 5.82. The molecular weight excluding hydrogens is 342 g/mol. The lowest BCUT2D eigenvalue weighted by molar-refractivity contribution is -0.0260. The van der Waals surface area contributed by atoms with Crippen LogP contribution >= 0.6 is 0 Å². The zero-order chi connectivity index (χ0) is 19.8. The SMILES string of the molecule is COc1ccc(C(=O)C2CC3CCCC(C2)N3C(=O)OC(C)(C)C)cc1C. The molecule has 0 aliphatic carbocycles. The zero-order valence-electron chi connectivity index (χ0n) is 17.1. The normalized spacial score (nSPS) is 25.1. The largest absolute Gasteiger partial charge is 0.496 e. The van der Waals surface area contributed by atoms with E-state index in [1.807, 2.05) is 50.8 Å². The van der Waals surface area contributed by atoms with Crippen molar-refractivity contribution in [2.45, 2.75) is 77.5 Å². The third kappa shape index (κ3) is 4.28. The summed E-state index contributed by atoms with van der Waals surface area (Å²) in [5, 5.41) is 0. The highest BCUT2D eigenvalue weighted by atomic mass is 16.6. The fraction of sp³-hybridized carbons (Fsp3) is 0.636. The van der Waals surface area contributed by atoms with Crippen LogP contribution in [0.4, 0.5) is 4.79 Å². The van der Waals surface area contributed by atoms with Crippen molar-refractivity contribution in [1.82, 2.24) is 4.90 Å². The number of Topliss-reactive ketones (excluding diaryl/α,β-unsaturated/α-hetero) is 1. The van der Waals surface area contributed by atoms with E-state index in [0.29, 0.717) is 0 Å². The molecule has 2 atom stereocenters. The van der Waals surface area contributed by atoms with Crippen molar-refractivity contribution in [3.63, 3.8) is 0 Å². The Balaban J connectivity index is 1.75. The zero-order valence-corrected chi connectivity index (χ0v) is 17.1. The smallest absolute Gasteiger partial charge is 0.410 e. The molecule has 2 unspecified atom stereocenters. The lowest BCUT2D eigenvalue weighted by Gasteiger charge is -2.48. The van der Waals surface area contributed by atoms with Gasteiger partial charge in [0.05, 0.1) is 7.11 Å². The first kappa shape index (κ1) is 19.7. The number of carbonyl (C=O) groups excluding carboxylic acids is 2. The lowest BCUT2D eigenvalue weighted by atomic mass is 9.75. The predicted molar refractivity (Wildman–Crippen MR) is 104 cm³/mol. The molecule has 2 heterocycles. The van der Waals surface area contributed by atoms with Gasteiger partial charge >= 0.3 is 6.09 Å². The Kier molecular flexibility index (Phi) is 5.50. The van der Waals surface area contributed by atoms with Crippen LogP contribution in [-0.2, 0) is 4.74 Å². The monoisotopic (exact) mass is 373 g/mol. The molecule has 2 bridgehead atoms. The molecule has 0 saturated carbocycles. The van der Waals surface area contributed by atoms with Gasteiger partial charge in [-0.15, -0.1) is 0 Å². The first-order valence-corrected chi connectivity index (χ1v) is 9.90. The number of amides is 1. The lowest BCUT2D eigenvalue weighted by Crippen LogP contribution is -2.56. The first-order chi connectivity index (χ1) is 12.7. The van der Waals surface area contributed by atoms with Gasteiger partial charge in [-0.1, -0.05) is 0 Å². The second-order valence-corrected chi connectivity index (χ2v) is 8.84. The number of rotatable bonds is 3. The second-order valence-electron chi connectivity index (χ2n) is 8.84. The fourth-order valence-corrected chi connectivity index (χ4v) is 4.48. The standard InChI is InChI=1S/C22H31NO4/c1-14-11-15(9-10-19(14)26-5)20(24)16-12-17-7-6-8-18(13-16)23(17)21(25)27-22(2,3)4/h9-11,16-18H,6-8,12-13H2,1-5H3. The average molecular weight is 373 g/mol. The van der Waals surface area contributed by atoms with Crippen LogP contribution in [0.15, 0.2) is 18.2 Å². The van der Waals surface area contributed by atoms with Crippen LogP contribution in [0.3, 0.4) is 0 Å². The number of methoxy groups -OCH3 is 1. The number of aryl methyl sites for hydroxylation is 1. The van der Waals surface area contributed by atoms with Crippen LogP contribution in [0.1, 0.15) is 68.8 Å². The number of benzene rings is 1. The summed E-state index contributed by atoms with van der Waals surface area (Å²) >= 11 is 0. The van der Waals surface area contributed by atoms with E-state index in [4.69, 9.17) is 9.47 Å². The maximum atomic E-state index is 13.1. The van der Waals surface area contributed by atoms with Gasteiger partial charge in [0.15, 0.2) is 5.78 Å². The topological polar surface area (TPSA) is 55.8 Å². The molecule has 0 N–H and O–H groups in total. The van der Waals surface area contributed by atoms with E-state index in [9.17, 15) is 9.59 Å². The first-order valence-electron chi connectivity index (χ1n) is 9.90. The van der Waals surface area contributed by atoms with Crippen molar-refractivity contribution in [2.75, 3.05) is 7.11 Å². The van der Waals surface area contributed by atoms with Gasteiger partial charge in [-0.25, -0.2) is 4.79 Å². The average Bonchev–Trinajstić information content (AvgIpc) is 2.58. The molecule has 2 aliphatic heterocycles. The molecule has 1 amide bonds. The third-order valence-electron chi connectivity index (χ3n) is 5.63. The van der Waals surface area contributed by atoms with Gasteiger partial charge in [0.2, 0.25) is 0 Å². The maximum absolute atomic E-state index is 13.1. The molecule has 0 aromatic heterocycles. The number of ether oxygens (including phenoxy) is 2. The highest BCUT2D eigenvalue weighted by Gasteiger charge is 2.44. The minimum Gasteiger partial charge on any atom is -0.496 e. The summed E-state index contributed by atoms with van der Waals surface area (Å²) in [4.78, 5) is 27.7. The van der Waals surface area contributed by atoms with Gasteiger partial charge in [0.1, 0.15) is 11.4 Å². The third-order valence-corrected chi connectivity index (χ3v) is 5.63. The van der Waals surface area contributed by atoms with E-state index < -0.39 is 5.60 Å². The van der Waals surface area contributed by atoms with Crippen molar-refractivity contribution in [1.29, 1.82) is 0 Å². The molecule has 5 nitrogen and oxygen atoms in total. The van der Waals surface area contributed by atoms with Crippen LogP contribution in [0, 0.1) is 12.8 Å². The minimum atomic E-state index is -0.501. The molecule has 1 aromatic carbocycles. The molecule has 0 radical (unpaired) electrons. The van der Waals surface area contributed by atoms with Crippen LogP contribution in [-0.4, -0.2) is 41.6 Å². The van der Waals surface area contributed by atoms with Crippen molar-refractivity contribution in [3.8, 4) is 5.75 Å². The van der Waals surface area contributed by atoms with E-state index in [-0.39, 0.29) is 29.9 Å². The molecule has 2 saturated heterocycles. The maximum Gasteiger partial charge on any atom is 0.410 e. The van der Waals surface area contributed by atoms with Crippen LogP contribution in [0.2, 0.25) is 0 Å². The van der Waals surface area contributed by atoms with Gasteiger partial charge in [0, 0.05) is 23.6 Å². The number of piperidine rings is 2. The second kappa shape index (κ2) is 7.53. The Morgan fingerprint density at radius 2 is 1.74 bits per heavy atom.